The van der Waals surface area contributed by atoms with Crippen LogP contribution in [0.1, 0.15) is 44.0 Å². The Balaban J connectivity index is 2.61. The van der Waals surface area contributed by atoms with E-state index in [0.29, 0.717) is 5.56 Å². The molecule has 0 aromatic heterocycles. The van der Waals surface area contributed by atoms with Gasteiger partial charge in [0.05, 0.1) is 6.61 Å². The Morgan fingerprint density at radius 2 is 1.88 bits per heavy atom. The fourth-order valence-electron chi connectivity index (χ4n) is 1.40. The Labute approximate surface area is 103 Å². The topological polar surface area (TPSA) is 26.3 Å². The molecule has 0 aliphatic carbocycles. The Bertz CT molecular complexity index is 384. The molecule has 0 unspecified atom stereocenters. The average molecular weight is 232 g/mol. The van der Waals surface area contributed by atoms with Gasteiger partial charge in [-0.1, -0.05) is 18.9 Å². The maximum absolute atomic E-state index is 11.7. The molecule has 1 aromatic carbocycles. The van der Waals surface area contributed by atoms with E-state index in [-0.39, 0.29) is 5.78 Å². The number of benzene rings is 1. The number of ether oxygens (including phenoxy) is 1. The van der Waals surface area contributed by atoms with Crippen LogP contribution >= 0.6 is 0 Å². The van der Waals surface area contributed by atoms with Gasteiger partial charge in [-0.15, -0.1) is 0 Å². The van der Waals surface area contributed by atoms with Crippen molar-refractivity contribution in [3.05, 3.63) is 41.5 Å². The second kappa shape index (κ2) is 6.89. The predicted molar refractivity (Wildman–Crippen MR) is 70.6 cm³/mol. The van der Waals surface area contributed by atoms with Crippen molar-refractivity contribution in [1.82, 2.24) is 0 Å². The maximum atomic E-state index is 11.7. The van der Waals surface area contributed by atoms with E-state index in [0.717, 1.165) is 30.8 Å². The number of hydrogen-bond donors (Lipinski definition) is 0. The molecule has 0 atom stereocenters. The van der Waals surface area contributed by atoms with Crippen LogP contribution in [-0.2, 0) is 0 Å². The number of carbonyl (C=O) groups excluding carboxylic acids is 1. The van der Waals surface area contributed by atoms with E-state index in [4.69, 9.17) is 4.74 Å². The highest BCUT2D eigenvalue weighted by atomic mass is 16.5. The van der Waals surface area contributed by atoms with Crippen molar-refractivity contribution in [1.29, 1.82) is 0 Å². The molecule has 0 spiro atoms. The zero-order valence-electron chi connectivity index (χ0n) is 10.8. The molecule has 1 rings (SSSR count). The van der Waals surface area contributed by atoms with Gasteiger partial charge in [0.1, 0.15) is 5.75 Å². The summed E-state index contributed by atoms with van der Waals surface area (Å²) in [6, 6.07) is 7.32. The van der Waals surface area contributed by atoms with Crippen molar-refractivity contribution in [3.8, 4) is 5.75 Å². The average Bonchev–Trinajstić information content (AvgIpc) is 2.29. The first-order valence-electron chi connectivity index (χ1n) is 6.05. The number of ketones is 1. The van der Waals surface area contributed by atoms with E-state index in [2.05, 4.69) is 6.92 Å². The summed E-state index contributed by atoms with van der Waals surface area (Å²) >= 11 is 0. The lowest BCUT2D eigenvalue weighted by atomic mass is 10.1. The van der Waals surface area contributed by atoms with Gasteiger partial charge in [0, 0.05) is 5.56 Å². The van der Waals surface area contributed by atoms with Gasteiger partial charge in [0.15, 0.2) is 5.78 Å². The van der Waals surface area contributed by atoms with Gasteiger partial charge in [-0.05, 0) is 50.6 Å². The van der Waals surface area contributed by atoms with Crippen molar-refractivity contribution >= 4 is 5.78 Å². The fourth-order valence-corrected chi connectivity index (χ4v) is 1.40. The quantitative estimate of drug-likeness (QED) is 0.421. The molecule has 0 aliphatic heterocycles. The molecule has 0 saturated heterocycles. The van der Waals surface area contributed by atoms with Crippen LogP contribution in [0.15, 0.2) is 35.9 Å². The maximum Gasteiger partial charge on any atom is 0.185 e. The third kappa shape index (κ3) is 4.85. The minimum Gasteiger partial charge on any atom is -0.494 e. The SMILES string of the molecule is CCCCOc1ccc(C(=O)C=C(C)C)cc1. The van der Waals surface area contributed by atoms with Crippen molar-refractivity contribution < 1.29 is 9.53 Å². The van der Waals surface area contributed by atoms with Crippen molar-refractivity contribution in [3.63, 3.8) is 0 Å². The first-order chi connectivity index (χ1) is 8.13. The van der Waals surface area contributed by atoms with Crippen LogP contribution in [0.5, 0.6) is 5.75 Å². The Hall–Kier alpha value is -1.57. The first kappa shape index (κ1) is 13.5. The molecule has 0 bridgehead atoms. The van der Waals surface area contributed by atoms with E-state index < -0.39 is 0 Å². The summed E-state index contributed by atoms with van der Waals surface area (Å²) in [5.74, 6) is 0.873. The second-order valence-electron chi connectivity index (χ2n) is 4.31. The number of carbonyl (C=O) groups is 1. The summed E-state index contributed by atoms with van der Waals surface area (Å²) in [4.78, 5) is 11.7. The number of rotatable bonds is 6. The first-order valence-corrected chi connectivity index (χ1v) is 6.05. The molecule has 0 heterocycles. The van der Waals surface area contributed by atoms with Crippen LogP contribution in [-0.4, -0.2) is 12.4 Å². The minimum absolute atomic E-state index is 0.0464. The zero-order chi connectivity index (χ0) is 12.7. The van der Waals surface area contributed by atoms with Gasteiger partial charge < -0.3 is 4.74 Å². The third-order valence-corrected chi connectivity index (χ3v) is 2.33. The number of hydrogen-bond acceptors (Lipinski definition) is 2. The van der Waals surface area contributed by atoms with Crippen LogP contribution in [0.4, 0.5) is 0 Å². The van der Waals surface area contributed by atoms with E-state index >= 15 is 0 Å². The second-order valence-corrected chi connectivity index (χ2v) is 4.31. The highest BCUT2D eigenvalue weighted by Crippen LogP contribution is 2.13. The molecular weight excluding hydrogens is 212 g/mol. The zero-order valence-corrected chi connectivity index (χ0v) is 10.8. The molecule has 0 aliphatic rings. The van der Waals surface area contributed by atoms with Crippen LogP contribution in [0.3, 0.4) is 0 Å². The molecule has 92 valence electrons. The lowest BCUT2D eigenvalue weighted by Crippen LogP contribution is -1.98. The highest BCUT2D eigenvalue weighted by Gasteiger charge is 2.02. The Morgan fingerprint density at radius 3 is 2.41 bits per heavy atom. The fraction of sp³-hybridized carbons (Fsp3) is 0.400. The summed E-state index contributed by atoms with van der Waals surface area (Å²) in [7, 11) is 0. The number of allylic oxidation sites excluding steroid dienone is 2. The predicted octanol–water partition coefficient (Wildman–Crippen LogP) is 4.01. The molecule has 17 heavy (non-hydrogen) atoms. The van der Waals surface area contributed by atoms with E-state index in [1.807, 2.05) is 38.1 Å². The Morgan fingerprint density at radius 1 is 1.24 bits per heavy atom. The van der Waals surface area contributed by atoms with E-state index in [1.54, 1.807) is 6.08 Å². The van der Waals surface area contributed by atoms with Crippen molar-refractivity contribution in [2.75, 3.05) is 6.61 Å². The van der Waals surface area contributed by atoms with E-state index in [9.17, 15) is 4.79 Å². The summed E-state index contributed by atoms with van der Waals surface area (Å²) in [5.41, 5.74) is 1.72. The van der Waals surface area contributed by atoms with Crippen molar-refractivity contribution in [2.45, 2.75) is 33.6 Å². The monoisotopic (exact) mass is 232 g/mol. The van der Waals surface area contributed by atoms with Crippen LogP contribution in [0.2, 0.25) is 0 Å². The van der Waals surface area contributed by atoms with Gasteiger partial charge >= 0.3 is 0 Å². The van der Waals surface area contributed by atoms with Crippen LogP contribution in [0.25, 0.3) is 0 Å². The molecule has 0 radical (unpaired) electrons. The molecular formula is C15H20O2. The van der Waals surface area contributed by atoms with Gasteiger partial charge in [-0.25, -0.2) is 0 Å². The number of unbranched alkanes of at least 4 members (excludes halogenated alkanes) is 1. The molecule has 0 saturated carbocycles. The molecule has 0 fully saturated rings. The highest BCUT2D eigenvalue weighted by molar-refractivity contribution is 6.04. The van der Waals surface area contributed by atoms with Gasteiger partial charge in [0.25, 0.3) is 0 Å². The van der Waals surface area contributed by atoms with Gasteiger partial charge in [0.2, 0.25) is 0 Å². The van der Waals surface area contributed by atoms with Crippen molar-refractivity contribution in [2.24, 2.45) is 0 Å². The smallest absolute Gasteiger partial charge is 0.185 e. The lowest BCUT2D eigenvalue weighted by molar-refractivity contribution is 0.104. The normalized spacial score (nSPS) is 9.82. The molecule has 1 aromatic rings. The molecule has 2 nitrogen and oxygen atoms in total. The van der Waals surface area contributed by atoms with Crippen LogP contribution in [0, 0.1) is 0 Å². The molecule has 0 N–H and O–H groups in total. The largest absolute Gasteiger partial charge is 0.494 e. The third-order valence-electron chi connectivity index (χ3n) is 2.33. The standard InChI is InChI=1S/C15H20O2/c1-4-5-10-17-14-8-6-13(7-9-14)15(16)11-12(2)3/h6-9,11H,4-5,10H2,1-3H3. The summed E-state index contributed by atoms with van der Waals surface area (Å²) < 4.78 is 5.54. The van der Waals surface area contributed by atoms with Gasteiger partial charge in [-0.3, -0.25) is 4.79 Å². The summed E-state index contributed by atoms with van der Waals surface area (Å²) in [5, 5.41) is 0. The van der Waals surface area contributed by atoms with E-state index in [1.165, 1.54) is 0 Å². The van der Waals surface area contributed by atoms with Gasteiger partial charge in [-0.2, -0.15) is 0 Å². The molecule has 2 heteroatoms. The van der Waals surface area contributed by atoms with Crippen LogP contribution < -0.4 is 4.74 Å². The lowest BCUT2D eigenvalue weighted by Gasteiger charge is -2.05. The summed E-state index contributed by atoms with van der Waals surface area (Å²) in [6.45, 7) is 6.70. The summed E-state index contributed by atoms with van der Waals surface area (Å²) in [6.07, 6.45) is 3.82. The Kier molecular flexibility index (Phi) is 5.47. The minimum atomic E-state index is 0.0464. The molecule has 0 amide bonds.